The van der Waals surface area contributed by atoms with E-state index in [-0.39, 0.29) is 24.8 Å². The van der Waals surface area contributed by atoms with Crippen LogP contribution in [0.3, 0.4) is 0 Å². The van der Waals surface area contributed by atoms with Crippen molar-refractivity contribution in [1.29, 1.82) is 5.26 Å². The second-order valence-corrected chi connectivity index (χ2v) is 3.54. The molecule has 2 aromatic carbocycles. The Balaban J connectivity index is 0.00000144. The second kappa shape index (κ2) is 6.75. The average Bonchev–Trinajstić information content (AvgIpc) is 2.32. The highest BCUT2D eigenvalue weighted by Crippen LogP contribution is 2.27. The quantitative estimate of drug-likeness (QED) is 0.788. The van der Waals surface area contributed by atoms with Gasteiger partial charge in [-0.15, -0.1) is 24.8 Å². The van der Waals surface area contributed by atoms with Gasteiger partial charge in [0, 0.05) is 16.9 Å². The molecule has 0 radical (unpaired) electrons. The zero-order valence-corrected chi connectivity index (χ0v) is 11.1. The average molecular weight is 282 g/mol. The van der Waals surface area contributed by atoms with Crippen LogP contribution in [0.15, 0.2) is 42.5 Å². The summed E-state index contributed by atoms with van der Waals surface area (Å²) in [6.07, 6.45) is 0. The van der Waals surface area contributed by atoms with Crippen molar-refractivity contribution in [1.82, 2.24) is 0 Å². The summed E-state index contributed by atoms with van der Waals surface area (Å²) >= 11 is 0. The van der Waals surface area contributed by atoms with Crippen LogP contribution >= 0.6 is 24.8 Å². The van der Waals surface area contributed by atoms with Gasteiger partial charge in [-0.2, -0.15) is 5.26 Å². The molecule has 0 bridgehead atoms. The van der Waals surface area contributed by atoms with Crippen molar-refractivity contribution in [3.05, 3.63) is 48.0 Å². The van der Waals surface area contributed by atoms with Gasteiger partial charge in [0.05, 0.1) is 11.6 Å². The molecule has 0 saturated heterocycles. The van der Waals surface area contributed by atoms with E-state index in [0.717, 1.165) is 11.1 Å². The first-order valence-corrected chi connectivity index (χ1v) is 4.86. The molecule has 0 atom stereocenters. The highest BCUT2D eigenvalue weighted by Gasteiger charge is 2.02. The molecule has 5 heteroatoms. The second-order valence-electron chi connectivity index (χ2n) is 3.54. The molecule has 0 heterocycles. The lowest BCUT2D eigenvalue weighted by Crippen LogP contribution is -1.92. The van der Waals surface area contributed by atoms with E-state index < -0.39 is 0 Å². The number of nitrogens with zero attached hydrogens (tertiary/aromatic N) is 1. The minimum Gasteiger partial charge on any atom is -0.399 e. The number of nitrogen functional groups attached to an aromatic ring is 2. The number of nitriles is 1. The fourth-order valence-electron chi connectivity index (χ4n) is 1.55. The first-order chi connectivity index (χ1) is 7.70. The van der Waals surface area contributed by atoms with Crippen LogP contribution in [0.4, 0.5) is 11.4 Å². The molecule has 0 saturated carbocycles. The molecule has 3 nitrogen and oxygen atoms in total. The molecule has 0 unspecified atom stereocenters. The molecule has 0 fully saturated rings. The molecule has 94 valence electrons. The third kappa shape index (κ3) is 3.30. The lowest BCUT2D eigenvalue weighted by atomic mass is 10.0. The molecule has 0 aliphatic rings. The third-order valence-corrected chi connectivity index (χ3v) is 2.40. The molecule has 0 aromatic heterocycles. The molecule has 4 N–H and O–H groups in total. The number of anilines is 2. The highest BCUT2D eigenvalue weighted by molar-refractivity contribution is 5.85. The molecule has 2 rings (SSSR count). The summed E-state index contributed by atoms with van der Waals surface area (Å²) in [5.41, 5.74) is 15.4. The van der Waals surface area contributed by atoms with Gasteiger partial charge in [-0.05, 0) is 35.9 Å². The van der Waals surface area contributed by atoms with Crippen LogP contribution in [0.5, 0.6) is 0 Å². The van der Waals surface area contributed by atoms with Crippen LogP contribution in [-0.4, -0.2) is 0 Å². The minimum atomic E-state index is 0. The van der Waals surface area contributed by atoms with Gasteiger partial charge in [0.1, 0.15) is 0 Å². The van der Waals surface area contributed by atoms with Gasteiger partial charge >= 0.3 is 0 Å². The predicted molar refractivity (Wildman–Crippen MR) is 79.9 cm³/mol. The Morgan fingerprint density at radius 2 is 1.50 bits per heavy atom. The summed E-state index contributed by atoms with van der Waals surface area (Å²) in [7, 11) is 0. The van der Waals surface area contributed by atoms with Crippen LogP contribution in [0.1, 0.15) is 5.56 Å². The number of halogens is 2. The number of hydrogen-bond donors (Lipinski definition) is 2. The highest BCUT2D eigenvalue weighted by atomic mass is 35.5. The Kier molecular flexibility index (Phi) is 6.04. The van der Waals surface area contributed by atoms with Gasteiger partial charge in [-0.3, -0.25) is 0 Å². The third-order valence-electron chi connectivity index (χ3n) is 2.40. The normalized spacial score (nSPS) is 8.61. The largest absolute Gasteiger partial charge is 0.399 e. The fraction of sp³-hybridized carbons (Fsp3) is 0. The van der Waals surface area contributed by atoms with Crippen LogP contribution < -0.4 is 11.5 Å². The maximum atomic E-state index is 8.70. The lowest BCUT2D eigenvalue weighted by Gasteiger charge is -2.06. The number of nitrogens with two attached hydrogens (primary N) is 2. The van der Waals surface area contributed by atoms with Crippen LogP contribution in [0.25, 0.3) is 11.1 Å². The lowest BCUT2D eigenvalue weighted by molar-refractivity contribution is 1.48. The summed E-state index contributed by atoms with van der Waals surface area (Å²) in [4.78, 5) is 0. The number of hydrogen-bond acceptors (Lipinski definition) is 3. The van der Waals surface area contributed by atoms with Crippen molar-refractivity contribution in [3.8, 4) is 17.2 Å². The maximum Gasteiger partial charge on any atom is 0.0991 e. The van der Waals surface area contributed by atoms with E-state index in [0.29, 0.717) is 16.9 Å². The topological polar surface area (TPSA) is 75.8 Å². The van der Waals surface area contributed by atoms with Crippen molar-refractivity contribution in [2.24, 2.45) is 0 Å². The first-order valence-electron chi connectivity index (χ1n) is 4.86. The minimum absolute atomic E-state index is 0. The van der Waals surface area contributed by atoms with Gasteiger partial charge in [0.15, 0.2) is 0 Å². The molecule has 0 amide bonds. The predicted octanol–water partition coefficient (Wildman–Crippen LogP) is 3.23. The van der Waals surface area contributed by atoms with Crippen molar-refractivity contribution in [2.45, 2.75) is 0 Å². The maximum absolute atomic E-state index is 8.70. The van der Waals surface area contributed by atoms with E-state index in [1.54, 1.807) is 24.3 Å². The Morgan fingerprint density at radius 1 is 0.889 bits per heavy atom. The smallest absolute Gasteiger partial charge is 0.0991 e. The number of benzene rings is 2. The Morgan fingerprint density at radius 3 is 2.06 bits per heavy atom. The van der Waals surface area contributed by atoms with Gasteiger partial charge < -0.3 is 11.5 Å². The van der Waals surface area contributed by atoms with Gasteiger partial charge in [0.2, 0.25) is 0 Å². The molecular weight excluding hydrogens is 269 g/mol. The van der Waals surface area contributed by atoms with E-state index in [4.69, 9.17) is 16.7 Å². The van der Waals surface area contributed by atoms with E-state index >= 15 is 0 Å². The standard InChI is InChI=1S/C13H11N3.2ClH/c14-8-9-1-3-10(4-2-9)12-7-11(15)5-6-13(12)16;;/h1-7H,15-16H2;2*1H. The SMILES string of the molecule is Cl.Cl.N#Cc1ccc(-c2cc(N)ccc2N)cc1. The molecular formula is C13H13Cl2N3. The fourth-order valence-corrected chi connectivity index (χ4v) is 1.55. The van der Waals surface area contributed by atoms with Crippen LogP contribution in [-0.2, 0) is 0 Å². The zero-order chi connectivity index (χ0) is 11.5. The van der Waals surface area contributed by atoms with Crippen molar-refractivity contribution in [3.63, 3.8) is 0 Å². The van der Waals surface area contributed by atoms with E-state index in [2.05, 4.69) is 6.07 Å². The molecule has 18 heavy (non-hydrogen) atoms. The van der Waals surface area contributed by atoms with Crippen molar-refractivity contribution in [2.75, 3.05) is 11.5 Å². The van der Waals surface area contributed by atoms with Crippen LogP contribution in [0.2, 0.25) is 0 Å². The first kappa shape index (κ1) is 16.1. The van der Waals surface area contributed by atoms with E-state index in [9.17, 15) is 0 Å². The summed E-state index contributed by atoms with van der Waals surface area (Å²) in [6.45, 7) is 0. The van der Waals surface area contributed by atoms with E-state index in [1.807, 2.05) is 18.2 Å². The zero-order valence-electron chi connectivity index (χ0n) is 9.46. The summed E-state index contributed by atoms with van der Waals surface area (Å²) < 4.78 is 0. The number of rotatable bonds is 1. The Hall–Kier alpha value is -1.89. The van der Waals surface area contributed by atoms with Crippen molar-refractivity contribution < 1.29 is 0 Å². The van der Waals surface area contributed by atoms with Crippen LogP contribution in [0, 0.1) is 11.3 Å². The summed E-state index contributed by atoms with van der Waals surface area (Å²) in [5, 5.41) is 8.70. The summed E-state index contributed by atoms with van der Waals surface area (Å²) in [6, 6.07) is 14.7. The molecule has 0 aliphatic carbocycles. The van der Waals surface area contributed by atoms with Gasteiger partial charge in [-0.1, -0.05) is 12.1 Å². The van der Waals surface area contributed by atoms with Crippen molar-refractivity contribution >= 4 is 36.2 Å². The van der Waals surface area contributed by atoms with E-state index in [1.165, 1.54) is 0 Å². The molecule has 0 spiro atoms. The molecule has 2 aromatic rings. The van der Waals surface area contributed by atoms with Gasteiger partial charge in [0.25, 0.3) is 0 Å². The Bertz CT molecular complexity index is 559. The summed E-state index contributed by atoms with van der Waals surface area (Å²) in [5.74, 6) is 0. The molecule has 0 aliphatic heterocycles. The van der Waals surface area contributed by atoms with Gasteiger partial charge in [-0.25, -0.2) is 0 Å². The monoisotopic (exact) mass is 281 g/mol. The Labute approximate surface area is 118 Å².